The van der Waals surface area contributed by atoms with Gasteiger partial charge >= 0.3 is 17.9 Å². The van der Waals surface area contributed by atoms with E-state index in [0.717, 1.165) is 148 Å². The van der Waals surface area contributed by atoms with Gasteiger partial charge in [-0.15, -0.1) is 0 Å². The van der Waals surface area contributed by atoms with Gasteiger partial charge in [0, 0.05) is 19.3 Å². The zero-order valence-corrected chi connectivity index (χ0v) is 50.6. The van der Waals surface area contributed by atoms with Crippen molar-refractivity contribution in [2.75, 3.05) is 13.2 Å². The molecule has 78 heavy (non-hydrogen) atoms. The van der Waals surface area contributed by atoms with Gasteiger partial charge in [-0.25, -0.2) is 0 Å². The molecule has 0 radical (unpaired) electrons. The second-order valence-electron chi connectivity index (χ2n) is 20.9. The van der Waals surface area contributed by atoms with Gasteiger partial charge < -0.3 is 14.2 Å². The number of carbonyl (C=O) groups is 3. The van der Waals surface area contributed by atoms with Crippen LogP contribution in [0.1, 0.15) is 284 Å². The summed E-state index contributed by atoms with van der Waals surface area (Å²) in [5.41, 5.74) is 0. The van der Waals surface area contributed by atoms with Crippen molar-refractivity contribution in [3.05, 3.63) is 134 Å². The fourth-order valence-corrected chi connectivity index (χ4v) is 8.61. The molecule has 0 aliphatic carbocycles. The number of rotatable bonds is 57. The summed E-state index contributed by atoms with van der Waals surface area (Å²) in [4.78, 5) is 38.3. The van der Waals surface area contributed by atoms with Crippen LogP contribution < -0.4 is 0 Å². The molecule has 0 fully saturated rings. The molecule has 442 valence electrons. The minimum absolute atomic E-state index is 0.0967. The first-order valence-corrected chi connectivity index (χ1v) is 32.2. The second-order valence-corrected chi connectivity index (χ2v) is 20.9. The van der Waals surface area contributed by atoms with Crippen LogP contribution in [0.5, 0.6) is 0 Å². The Morgan fingerprint density at radius 1 is 0.269 bits per heavy atom. The molecule has 0 aromatic heterocycles. The monoisotopic (exact) mass is 1080 g/mol. The van der Waals surface area contributed by atoms with E-state index in [-0.39, 0.29) is 31.1 Å². The highest BCUT2D eigenvalue weighted by Gasteiger charge is 2.19. The van der Waals surface area contributed by atoms with Crippen molar-refractivity contribution in [3.8, 4) is 0 Å². The van der Waals surface area contributed by atoms with E-state index in [9.17, 15) is 14.4 Å². The third-order valence-corrected chi connectivity index (χ3v) is 13.4. The molecule has 0 rings (SSSR count). The molecular weight excluding hydrogens is 961 g/mol. The first-order chi connectivity index (χ1) is 38.5. The maximum atomic E-state index is 12.9. The predicted molar refractivity (Wildman–Crippen MR) is 339 cm³/mol. The van der Waals surface area contributed by atoms with E-state index in [4.69, 9.17) is 14.2 Å². The Bertz CT molecular complexity index is 1670. The topological polar surface area (TPSA) is 78.9 Å². The molecule has 6 heteroatoms. The molecule has 0 aliphatic heterocycles. The summed E-state index contributed by atoms with van der Waals surface area (Å²) >= 11 is 0. The van der Waals surface area contributed by atoms with Gasteiger partial charge in [-0.2, -0.15) is 0 Å². The third-order valence-electron chi connectivity index (χ3n) is 13.4. The lowest BCUT2D eigenvalue weighted by Gasteiger charge is -2.18. The first-order valence-electron chi connectivity index (χ1n) is 32.2. The Hall–Kier alpha value is -4.45. The summed E-state index contributed by atoms with van der Waals surface area (Å²) in [5.74, 6) is -0.941. The SMILES string of the molecule is CC/C=C\C/C=C\C/C=C\C/C=C\C/C=C\C/C=C\CCCCCCCCCCCCCCC(=O)OCC(COC(=O)CCCCC/C=C\C/C=C\C/C=C\CC)OC(=O)CCCCCCC/C=C\C/C=C\CCCCCC. The average molecular weight is 1080 g/mol. The lowest BCUT2D eigenvalue weighted by Crippen LogP contribution is -2.30. The van der Waals surface area contributed by atoms with Gasteiger partial charge in [-0.3, -0.25) is 14.4 Å². The van der Waals surface area contributed by atoms with Gasteiger partial charge in [-0.1, -0.05) is 264 Å². The van der Waals surface area contributed by atoms with Crippen molar-refractivity contribution >= 4 is 17.9 Å². The van der Waals surface area contributed by atoms with E-state index in [1.807, 2.05) is 0 Å². The van der Waals surface area contributed by atoms with E-state index in [1.165, 1.54) is 96.3 Å². The number of esters is 3. The van der Waals surface area contributed by atoms with Crippen LogP contribution in [0.3, 0.4) is 0 Å². The van der Waals surface area contributed by atoms with Crippen molar-refractivity contribution in [1.82, 2.24) is 0 Å². The summed E-state index contributed by atoms with van der Waals surface area (Å²) in [7, 11) is 0. The Morgan fingerprint density at radius 3 is 0.795 bits per heavy atom. The predicted octanol–water partition coefficient (Wildman–Crippen LogP) is 22.2. The summed E-state index contributed by atoms with van der Waals surface area (Å²) < 4.78 is 16.9. The summed E-state index contributed by atoms with van der Waals surface area (Å²) in [6.07, 6.45) is 91.8. The van der Waals surface area contributed by atoms with Gasteiger partial charge in [0.25, 0.3) is 0 Å². The second kappa shape index (κ2) is 65.1. The normalized spacial score (nSPS) is 13.0. The minimum Gasteiger partial charge on any atom is -0.462 e. The van der Waals surface area contributed by atoms with Gasteiger partial charge in [0.05, 0.1) is 0 Å². The van der Waals surface area contributed by atoms with Crippen molar-refractivity contribution < 1.29 is 28.6 Å². The molecule has 0 spiro atoms. The molecule has 0 aliphatic rings. The Balaban J connectivity index is 4.28. The van der Waals surface area contributed by atoms with E-state index in [2.05, 4.69) is 154 Å². The molecule has 0 saturated heterocycles. The van der Waals surface area contributed by atoms with Crippen molar-refractivity contribution in [2.24, 2.45) is 0 Å². The fourth-order valence-electron chi connectivity index (χ4n) is 8.61. The molecule has 0 aromatic rings. The Morgan fingerprint density at radius 2 is 0.500 bits per heavy atom. The van der Waals surface area contributed by atoms with Gasteiger partial charge in [-0.05, 0) is 135 Å². The summed E-state index contributed by atoms with van der Waals surface area (Å²) in [5, 5.41) is 0. The number of carbonyl (C=O) groups excluding carboxylic acids is 3. The highest BCUT2D eigenvalue weighted by atomic mass is 16.6. The Labute approximate surface area is 481 Å². The highest BCUT2D eigenvalue weighted by Crippen LogP contribution is 2.15. The smallest absolute Gasteiger partial charge is 0.306 e. The number of hydrogen-bond donors (Lipinski definition) is 0. The van der Waals surface area contributed by atoms with Crippen molar-refractivity contribution in [1.29, 1.82) is 0 Å². The molecule has 0 aromatic carbocycles. The zero-order valence-electron chi connectivity index (χ0n) is 50.6. The van der Waals surface area contributed by atoms with E-state index in [1.54, 1.807) is 0 Å². The van der Waals surface area contributed by atoms with Gasteiger partial charge in [0.15, 0.2) is 6.10 Å². The van der Waals surface area contributed by atoms with Gasteiger partial charge in [0.2, 0.25) is 0 Å². The molecule has 1 unspecified atom stereocenters. The number of hydrogen-bond acceptors (Lipinski definition) is 6. The number of ether oxygens (including phenoxy) is 3. The standard InChI is InChI=1S/C72H118O6/c1-4-7-10-13-16-19-22-25-27-29-30-31-32-33-34-35-36-37-38-39-40-41-42-43-45-47-50-53-56-59-62-65-71(74)77-68-69(67-76-70(73)64-61-58-55-52-49-46-24-21-18-15-12-9-6-3)78-72(75)66-63-60-57-54-51-48-44-28-26-23-20-17-14-11-8-5-2/h7,9-10,12,16,18-21,23,25,27-28,30-31,33-34,36-37,44,46,49,69H,4-6,8,11,13-15,17,22,24,26,29,32,35,38-43,45,47-48,50-68H2,1-3H3/b10-7-,12-9-,19-16-,21-18-,23-20-,27-25-,31-30-,34-33-,37-36-,44-28-,49-46-. The minimum atomic E-state index is -0.803. The third kappa shape index (κ3) is 62.4. The molecule has 0 N–H and O–H groups in total. The molecule has 0 amide bonds. The maximum Gasteiger partial charge on any atom is 0.306 e. The van der Waals surface area contributed by atoms with Crippen molar-refractivity contribution in [2.45, 2.75) is 290 Å². The molecule has 6 nitrogen and oxygen atoms in total. The van der Waals surface area contributed by atoms with Crippen LogP contribution in [0.4, 0.5) is 0 Å². The van der Waals surface area contributed by atoms with Crippen molar-refractivity contribution in [3.63, 3.8) is 0 Å². The molecule has 0 saturated carbocycles. The highest BCUT2D eigenvalue weighted by molar-refractivity contribution is 5.71. The number of allylic oxidation sites excluding steroid dienone is 22. The van der Waals surface area contributed by atoms with Crippen LogP contribution in [-0.4, -0.2) is 37.2 Å². The first kappa shape index (κ1) is 73.5. The summed E-state index contributed by atoms with van der Waals surface area (Å²) in [6, 6.07) is 0. The van der Waals surface area contributed by atoms with E-state index < -0.39 is 6.10 Å². The van der Waals surface area contributed by atoms with E-state index in [0.29, 0.717) is 19.3 Å². The molecule has 0 heterocycles. The maximum absolute atomic E-state index is 12.9. The van der Waals surface area contributed by atoms with Crippen LogP contribution in [0.2, 0.25) is 0 Å². The lowest BCUT2D eigenvalue weighted by atomic mass is 10.0. The quantitative estimate of drug-likeness (QED) is 0.0261. The zero-order chi connectivity index (χ0) is 56.4. The molecule has 1 atom stereocenters. The van der Waals surface area contributed by atoms with Crippen LogP contribution in [0.15, 0.2) is 134 Å². The van der Waals surface area contributed by atoms with E-state index >= 15 is 0 Å². The summed E-state index contributed by atoms with van der Waals surface area (Å²) in [6.45, 7) is 6.36. The van der Waals surface area contributed by atoms with Crippen LogP contribution >= 0.6 is 0 Å². The molecular formula is C72H118O6. The lowest BCUT2D eigenvalue weighted by molar-refractivity contribution is -0.167. The van der Waals surface area contributed by atoms with Crippen LogP contribution in [0, 0.1) is 0 Å². The number of unbranched alkanes of at least 4 members (excludes halogenated alkanes) is 24. The van der Waals surface area contributed by atoms with Gasteiger partial charge in [0.1, 0.15) is 13.2 Å². The van der Waals surface area contributed by atoms with Crippen LogP contribution in [0.25, 0.3) is 0 Å². The van der Waals surface area contributed by atoms with Crippen LogP contribution in [-0.2, 0) is 28.6 Å². The molecule has 0 bridgehead atoms. The largest absolute Gasteiger partial charge is 0.462 e. The average Bonchev–Trinajstić information content (AvgIpc) is 3.44. The fraction of sp³-hybridized carbons (Fsp3) is 0.653. The Kier molecular flexibility index (Phi) is 61.4.